The average molecular weight is 258 g/mol. The Bertz CT molecular complexity index is 390. The number of nitrogens with zero attached hydrogens (tertiary/aromatic N) is 1. The van der Waals surface area contributed by atoms with Crippen molar-refractivity contribution in [3.63, 3.8) is 0 Å². The Kier molecular flexibility index (Phi) is 3.55. The lowest BCUT2D eigenvalue weighted by atomic mass is 10.0. The molecule has 1 fully saturated rings. The minimum Gasteiger partial charge on any atom is -0.334 e. The van der Waals surface area contributed by atoms with Gasteiger partial charge in [0.15, 0.2) is 0 Å². The maximum atomic E-state index is 12.3. The molecular formula is C12H16ClNOS. The number of thiophene rings is 1. The van der Waals surface area contributed by atoms with E-state index < -0.39 is 0 Å². The van der Waals surface area contributed by atoms with Gasteiger partial charge >= 0.3 is 0 Å². The van der Waals surface area contributed by atoms with Crippen molar-refractivity contribution in [1.82, 2.24) is 4.90 Å². The van der Waals surface area contributed by atoms with Crippen molar-refractivity contribution < 1.29 is 4.79 Å². The summed E-state index contributed by atoms with van der Waals surface area (Å²) >= 11 is 7.53. The Morgan fingerprint density at radius 1 is 1.62 bits per heavy atom. The van der Waals surface area contributed by atoms with E-state index in [1.165, 1.54) is 0 Å². The number of rotatable bonds is 2. The number of hydrogen-bond donors (Lipinski definition) is 0. The molecule has 1 aliphatic heterocycles. The molecule has 88 valence electrons. The summed E-state index contributed by atoms with van der Waals surface area (Å²) < 4.78 is 0. The first-order valence-corrected chi connectivity index (χ1v) is 7.02. The van der Waals surface area contributed by atoms with Gasteiger partial charge in [-0.1, -0.05) is 6.92 Å². The highest BCUT2D eigenvalue weighted by Gasteiger charge is 2.34. The Labute approximate surface area is 105 Å². The fraction of sp³-hybridized carbons (Fsp3) is 0.583. The van der Waals surface area contributed by atoms with Crippen molar-refractivity contribution in [2.24, 2.45) is 5.92 Å². The SMILES string of the molecule is Cc1cscc1C(=O)N1CCC(C)C1CCl. The van der Waals surface area contributed by atoms with Crippen LogP contribution in [0.1, 0.15) is 29.3 Å². The highest BCUT2D eigenvalue weighted by Crippen LogP contribution is 2.28. The zero-order valence-electron chi connectivity index (χ0n) is 9.57. The molecule has 1 aromatic rings. The monoisotopic (exact) mass is 257 g/mol. The zero-order valence-corrected chi connectivity index (χ0v) is 11.1. The molecule has 0 bridgehead atoms. The van der Waals surface area contributed by atoms with Gasteiger partial charge in [0, 0.05) is 23.8 Å². The van der Waals surface area contributed by atoms with Crippen LogP contribution in [0.3, 0.4) is 0 Å². The predicted molar refractivity (Wildman–Crippen MR) is 68.4 cm³/mol. The van der Waals surface area contributed by atoms with E-state index in [9.17, 15) is 4.79 Å². The number of aryl methyl sites for hydroxylation is 1. The molecule has 4 heteroatoms. The fourth-order valence-electron chi connectivity index (χ4n) is 2.23. The molecular weight excluding hydrogens is 242 g/mol. The van der Waals surface area contributed by atoms with Crippen LogP contribution in [0.25, 0.3) is 0 Å². The van der Waals surface area contributed by atoms with Crippen LogP contribution in [0.2, 0.25) is 0 Å². The van der Waals surface area contributed by atoms with Crippen LogP contribution in [0.5, 0.6) is 0 Å². The molecule has 0 radical (unpaired) electrons. The van der Waals surface area contributed by atoms with Gasteiger partial charge in [-0.3, -0.25) is 4.79 Å². The van der Waals surface area contributed by atoms with Gasteiger partial charge in [0.1, 0.15) is 0 Å². The lowest BCUT2D eigenvalue weighted by molar-refractivity contribution is 0.0737. The van der Waals surface area contributed by atoms with E-state index in [2.05, 4.69) is 6.92 Å². The van der Waals surface area contributed by atoms with Crippen molar-refractivity contribution in [2.45, 2.75) is 26.3 Å². The summed E-state index contributed by atoms with van der Waals surface area (Å²) in [4.78, 5) is 14.3. The molecule has 2 atom stereocenters. The lowest BCUT2D eigenvalue weighted by Crippen LogP contribution is -2.38. The molecule has 2 unspecified atom stereocenters. The highest BCUT2D eigenvalue weighted by molar-refractivity contribution is 7.08. The topological polar surface area (TPSA) is 20.3 Å². The van der Waals surface area contributed by atoms with Crippen LogP contribution in [0, 0.1) is 12.8 Å². The summed E-state index contributed by atoms with van der Waals surface area (Å²) in [7, 11) is 0. The minimum atomic E-state index is 0.147. The molecule has 2 heterocycles. The molecule has 16 heavy (non-hydrogen) atoms. The minimum absolute atomic E-state index is 0.147. The zero-order chi connectivity index (χ0) is 11.7. The van der Waals surface area contributed by atoms with E-state index in [0.29, 0.717) is 11.8 Å². The van der Waals surface area contributed by atoms with Gasteiger partial charge in [0.2, 0.25) is 0 Å². The predicted octanol–water partition coefficient (Wildman–Crippen LogP) is 3.15. The first-order valence-electron chi connectivity index (χ1n) is 5.55. The Morgan fingerprint density at radius 2 is 2.38 bits per heavy atom. The van der Waals surface area contributed by atoms with Crippen molar-refractivity contribution >= 4 is 28.8 Å². The number of amides is 1. The van der Waals surface area contributed by atoms with E-state index in [4.69, 9.17) is 11.6 Å². The Morgan fingerprint density at radius 3 is 2.94 bits per heavy atom. The van der Waals surface area contributed by atoms with Crippen molar-refractivity contribution in [1.29, 1.82) is 0 Å². The number of hydrogen-bond acceptors (Lipinski definition) is 2. The number of halogens is 1. The molecule has 1 amide bonds. The van der Waals surface area contributed by atoms with Crippen molar-refractivity contribution in [2.75, 3.05) is 12.4 Å². The molecule has 2 rings (SSSR count). The lowest BCUT2D eigenvalue weighted by Gasteiger charge is -2.25. The fourth-order valence-corrected chi connectivity index (χ4v) is 3.52. The van der Waals surface area contributed by atoms with Gasteiger partial charge in [-0.05, 0) is 30.2 Å². The molecule has 0 saturated carbocycles. The second-order valence-corrected chi connectivity index (χ2v) is 5.51. The summed E-state index contributed by atoms with van der Waals surface area (Å²) in [6.45, 7) is 4.99. The third-order valence-corrected chi connectivity index (χ3v) is 4.57. The molecule has 0 aliphatic carbocycles. The van der Waals surface area contributed by atoms with Crippen molar-refractivity contribution in [3.8, 4) is 0 Å². The van der Waals surface area contributed by atoms with E-state index in [1.807, 2.05) is 22.6 Å². The summed E-state index contributed by atoms with van der Waals surface area (Å²) in [5.41, 5.74) is 1.91. The van der Waals surface area contributed by atoms with E-state index in [1.54, 1.807) is 11.3 Å². The summed E-state index contributed by atoms with van der Waals surface area (Å²) in [6.07, 6.45) is 1.06. The smallest absolute Gasteiger partial charge is 0.255 e. The molecule has 1 aromatic heterocycles. The van der Waals surface area contributed by atoms with Crippen LogP contribution in [-0.2, 0) is 0 Å². The molecule has 0 N–H and O–H groups in total. The van der Waals surface area contributed by atoms with Gasteiger partial charge < -0.3 is 4.90 Å². The summed E-state index contributed by atoms with van der Waals surface area (Å²) in [5, 5.41) is 3.95. The van der Waals surface area contributed by atoms with Gasteiger partial charge in [-0.15, -0.1) is 11.6 Å². The van der Waals surface area contributed by atoms with Crippen molar-refractivity contribution in [3.05, 3.63) is 21.9 Å². The second kappa shape index (κ2) is 4.76. The highest BCUT2D eigenvalue weighted by atomic mass is 35.5. The Hall–Kier alpha value is -0.540. The molecule has 0 aromatic carbocycles. The second-order valence-electron chi connectivity index (χ2n) is 4.45. The average Bonchev–Trinajstić information content (AvgIpc) is 2.83. The molecule has 0 spiro atoms. The maximum Gasteiger partial charge on any atom is 0.255 e. The number of carbonyl (C=O) groups is 1. The third-order valence-electron chi connectivity index (χ3n) is 3.39. The van der Waals surface area contributed by atoms with Crippen LogP contribution in [0.4, 0.5) is 0 Å². The van der Waals surface area contributed by atoms with Crippen LogP contribution in [-0.4, -0.2) is 29.3 Å². The van der Waals surface area contributed by atoms with Gasteiger partial charge in [0.25, 0.3) is 5.91 Å². The quantitative estimate of drug-likeness (QED) is 0.746. The summed E-state index contributed by atoms with van der Waals surface area (Å²) in [5.74, 6) is 1.20. The standard InChI is InChI=1S/C12H16ClNOS/c1-8-3-4-14(11(8)5-13)12(15)10-7-16-6-9(10)2/h6-8,11H,3-5H2,1-2H3. The number of likely N-dealkylation sites (tertiary alicyclic amines) is 1. The normalized spacial score (nSPS) is 25.1. The molecule has 1 aliphatic rings. The van der Waals surface area contributed by atoms with Gasteiger partial charge in [0.05, 0.1) is 5.56 Å². The molecule has 2 nitrogen and oxygen atoms in total. The number of alkyl halides is 1. The largest absolute Gasteiger partial charge is 0.334 e. The first-order chi connectivity index (χ1) is 7.65. The van der Waals surface area contributed by atoms with Gasteiger partial charge in [-0.2, -0.15) is 11.3 Å². The Balaban J connectivity index is 2.20. The van der Waals surface area contributed by atoms with E-state index in [0.717, 1.165) is 24.1 Å². The summed E-state index contributed by atoms with van der Waals surface area (Å²) in [6, 6.07) is 0.202. The first kappa shape index (κ1) is 11.9. The van der Waals surface area contributed by atoms with Gasteiger partial charge in [-0.25, -0.2) is 0 Å². The van der Waals surface area contributed by atoms with E-state index in [-0.39, 0.29) is 11.9 Å². The number of carbonyl (C=O) groups excluding carboxylic acids is 1. The van der Waals surface area contributed by atoms with Crippen LogP contribution < -0.4 is 0 Å². The van der Waals surface area contributed by atoms with Crippen LogP contribution >= 0.6 is 22.9 Å². The van der Waals surface area contributed by atoms with Crippen LogP contribution in [0.15, 0.2) is 10.8 Å². The third kappa shape index (κ3) is 1.98. The maximum absolute atomic E-state index is 12.3. The molecule has 1 saturated heterocycles. The van der Waals surface area contributed by atoms with E-state index >= 15 is 0 Å².